The number of nitrogens with one attached hydrogen (secondary N) is 1. The standard InChI is InChI=1S/C10H10ClN3O/c1-14(10(15)5-11)7-2-3-8-9(4-7)13-6-12-8/h2-4,6H,5H2,1H3,(H,12,13). The predicted octanol–water partition coefficient (Wildman–Crippen LogP) is 1.76. The zero-order valence-electron chi connectivity index (χ0n) is 8.20. The quantitative estimate of drug-likeness (QED) is 0.789. The van der Waals surface area contributed by atoms with E-state index in [1.807, 2.05) is 18.2 Å². The van der Waals surface area contributed by atoms with E-state index in [2.05, 4.69) is 9.97 Å². The van der Waals surface area contributed by atoms with E-state index in [0.717, 1.165) is 16.7 Å². The number of benzene rings is 1. The number of imidazole rings is 1. The summed E-state index contributed by atoms with van der Waals surface area (Å²) in [5, 5.41) is 0. The van der Waals surface area contributed by atoms with Crippen LogP contribution < -0.4 is 4.90 Å². The third-order valence-electron chi connectivity index (χ3n) is 2.28. The van der Waals surface area contributed by atoms with E-state index in [1.165, 1.54) is 4.90 Å². The van der Waals surface area contributed by atoms with Crippen LogP contribution in [0.5, 0.6) is 0 Å². The number of aromatic nitrogens is 2. The molecule has 0 saturated heterocycles. The third-order valence-corrected chi connectivity index (χ3v) is 2.51. The minimum Gasteiger partial charge on any atom is -0.345 e. The topological polar surface area (TPSA) is 49.0 Å². The zero-order valence-corrected chi connectivity index (χ0v) is 8.95. The molecule has 0 unspecified atom stereocenters. The van der Waals surface area contributed by atoms with Gasteiger partial charge >= 0.3 is 0 Å². The third kappa shape index (κ3) is 1.80. The second kappa shape index (κ2) is 3.90. The number of alkyl halides is 1. The first kappa shape index (κ1) is 9.98. The molecule has 15 heavy (non-hydrogen) atoms. The molecule has 0 fully saturated rings. The summed E-state index contributed by atoms with van der Waals surface area (Å²) in [6, 6.07) is 5.57. The first-order valence-corrected chi connectivity index (χ1v) is 5.01. The van der Waals surface area contributed by atoms with Gasteiger partial charge in [-0.25, -0.2) is 4.98 Å². The van der Waals surface area contributed by atoms with Crippen LogP contribution >= 0.6 is 11.6 Å². The normalized spacial score (nSPS) is 10.5. The lowest BCUT2D eigenvalue weighted by molar-refractivity contribution is -0.116. The number of halogens is 1. The maximum Gasteiger partial charge on any atom is 0.241 e. The summed E-state index contributed by atoms with van der Waals surface area (Å²) >= 11 is 5.48. The van der Waals surface area contributed by atoms with Crippen LogP contribution in [0.1, 0.15) is 0 Å². The van der Waals surface area contributed by atoms with Crippen LogP contribution in [0.15, 0.2) is 24.5 Å². The van der Waals surface area contributed by atoms with Crippen LogP contribution in [0.2, 0.25) is 0 Å². The van der Waals surface area contributed by atoms with Gasteiger partial charge in [-0.1, -0.05) is 0 Å². The summed E-state index contributed by atoms with van der Waals surface area (Å²) in [5.41, 5.74) is 2.59. The van der Waals surface area contributed by atoms with Gasteiger partial charge in [0.2, 0.25) is 5.91 Å². The highest BCUT2D eigenvalue weighted by Gasteiger charge is 2.09. The van der Waals surface area contributed by atoms with Crippen molar-refractivity contribution in [3.8, 4) is 0 Å². The molecule has 0 radical (unpaired) electrons. The Bertz CT molecular complexity index is 494. The van der Waals surface area contributed by atoms with Crippen LogP contribution in [-0.2, 0) is 4.79 Å². The molecule has 78 valence electrons. The summed E-state index contributed by atoms with van der Waals surface area (Å²) in [4.78, 5) is 20.0. The Kier molecular flexibility index (Phi) is 2.60. The lowest BCUT2D eigenvalue weighted by Crippen LogP contribution is -2.27. The van der Waals surface area contributed by atoms with E-state index >= 15 is 0 Å². The van der Waals surface area contributed by atoms with Gasteiger partial charge in [0.15, 0.2) is 0 Å². The Balaban J connectivity index is 2.39. The molecule has 1 heterocycles. The van der Waals surface area contributed by atoms with Crippen LogP contribution in [0.3, 0.4) is 0 Å². The Morgan fingerprint density at radius 1 is 1.60 bits per heavy atom. The van der Waals surface area contributed by atoms with E-state index in [4.69, 9.17) is 11.6 Å². The molecule has 1 aromatic heterocycles. The van der Waals surface area contributed by atoms with Crippen LogP contribution in [0.25, 0.3) is 11.0 Å². The Hall–Kier alpha value is -1.55. The molecule has 0 aliphatic carbocycles. The number of hydrogen-bond donors (Lipinski definition) is 1. The molecule has 0 aliphatic heterocycles. The molecular formula is C10H10ClN3O. The van der Waals surface area contributed by atoms with Gasteiger partial charge in [0, 0.05) is 12.7 Å². The minimum atomic E-state index is -0.129. The highest BCUT2D eigenvalue weighted by molar-refractivity contribution is 6.29. The van der Waals surface area contributed by atoms with Gasteiger partial charge in [0.1, 0.15) is 5.88 Å². The average molecular weight is 224 g/mol. The van der Waals surface area contributed by atoms with Crippen molar-refractivity contribution in [1.82, 2.24) is 9.97 Å². The molecule has 1 N–H and O–H groups in total. The first-order valence-electron chi connectivity index (χ1n) is 4.48. The van der Waals surface area contributed by atoms with Crippen molar-refractivity contribution >= 4 is 34.2 Å². The van der Waals surface area contributed by atoms with Crippen molar-refractivity contribution in [2.24, 2.45) is 0 Å². The van der Waals surface area contributed by atoms with Crippen molar-refractivity contribution in [3.05, 3.63) is 24.5 Å². The number of nitrogens with zero attached hydrogens (tertiary/aromatic N) is 2. The highest BCUT2D eigenvalue weighted by atomic mass is 35.5. The number of hydrogen-bond acceptors (Lipinski definition) is 2. The van der Waals surface area contributed by atoms with Gasteiger partial charge in [0.05, 0.1) is 17.4 Å². The summed E-state index contributed by atoms with van der Waals surface area (Å²) in [5.74, 6) is -0.145. The predicted molar refractivity (Wildman–Crippen MR) is 60.2 cm³/mol. The van der Waals surface area contributed by atoms with Gasteiger partial charge in [-0.05, 0) is 18.2 Å². The average Bonchev–Trinajstić information content (AvgIpc) is 2.73. The lowest BCUT2D eigenvalue weighted by atomic mass is 10.2. The molecule has 0 bridgehead atoms. The molecule has 5 heteroatoms. The number of rotatable bonds is 2. The van der Waals surface area contributed by atoms with Gasteiger partial charge in [0.25, 0.3) is 0 Å². The lowest BCUT2D eigenvalue weighted by Gasteiger charge is -2.15. The van der Waals surface area contributed by atoms with Gasteiger partial charge in [-0.15, -0.1) is 11.6 Å². The second-order valence-electron chi connectivity index (χ2n) is 3.19. The Morgan fingerprint density at radius 2 is 2.40 bits per heavy atom. The van der Waals surface area contributed by atoms with Crippen molar-refractivity contribution < 1.29 is 4.79 Å². The SMILES string of the molecule is CN(C(=O)CCl)c1ccc2nc[nH]c2c1. The Morgan fingerprint density at radius 3 is 3.13 bits per heavy atom. The number of H-pyrrole nitrogens is 1. The first-order chi connectivity index (χ1) is 7.22. The van der Waals surface area contributed by atoms with Crippen LogP contribution in [0, 0.1) is 0 Å². The second-order valence-corrected chi connectivity index (χ2v) is 3.46. The molecule has 0 aliphatic rings. The smallest absolute Gasteiger partial charge is 0.241 e. The van der Waals surface area contributed by atoms with Crippen molar-refractivity contribution in [2.45, 2.75) is 0 Å². The van der Waals surface area contributed by atoms with Crippen LogP contribution in [-0.4, -0.2) is 28.8 Å². The van der Waals surface area contributed by atoms with Crippen LogP contribution in [0.4, 0.5) is 5.69 Å². The molecule has 4 nitrogen and oxygen atoms in total. The monoisotopic (exact) mass is 223 g/mol. The molecule has 0 spiro atoms. The van der Waals surface area contributed by atoms with E-state index in [9.17, 15) is 4.79 Å². The highest BCUT2D eigenvalue weighted by Crippen LogP contribution is 2.18. The van der Waals surface area contributed by atoms with Crippen molar-refractivity contribution in [3.63, 3.8) is 0 Å². The largest absolute Gasteiger partial charge is 0.345 e. The van der Waals surface area contributed by atoms with Crippen molar-refractivity contribution in [2.75, 3.05) is 17.8 Å². The number of aromatic amines is 1. The van der Waals surface area contributed by atoms with Gasteiger partial charge in [-0.2, -0.15) is 0 Å². The molecule has 1 aromatic carbocycles. The summed E-state index contributed by atoms with van der Waals surface area (Å²) < 4.78 is 0. The molecule has 0 saturated carbocycles. The maximum absolute atomic E-state index is 11.4. The number of carbonyl (C=O) groups is 1. The Labute approximate surface area is 91.9 Å². The number of amides is 1. The molecule has 1 amide bonds. The van der Waals surface area contributed by atoms with E-state index in [0.29, 0.717) is 0 Å². The summed E-state index contributed by atoms with van der Waals surface area (Å²) in [6.07, 6.45) is 1.62. The molecule has 2 rings (SSSR count). The van der Waals surface area contributed by atoms with Crippen molar-refractivity contribution in [1.29, 1.82) is 0 Å². The fourth-order valence-electron chi connectivity index (χ4n) is 1.37. The number of anilines is 1. The molecule has 0 atom stereocenters. The zero-order chi connectivity index (χ0) is 10.8. The van der Waals surface area contributed by atoms with E-state index in [-0.39, 0.29) is 11.8 Å². The molecular weight excluding hydrogens is 214 g/mol. The maximum atomic E-state index is 11.4. The number of carbonyl (C=O) groups excluding carboxylic acids is 1. The van der Waals surface area contributed by atoms with E-state index in [1.54, 1.807) is 13.4 Å². The fraction of sp³-hybridized carbons (Fsp3) is 0.200. The number of fused-ring (bicyclic) bond motifs is 1. The van der Waals surface area contributed by atoms with Gasteiger partial charge in [-0.3, -0.25) is 4.79 Å². The molecule has 2 aromatic rings. The summed E-state index contributed by atoms with van der Waals surface area (Å²) in [6.45, 7) is 0. The van der Waals surface area contributed by atoms with Gasteiger partial charge < -0.3 is 9.88 Å². The summed E-state index contributed by atoms with van der Waals surface area (Å²) in [7, 11) is 1.70. The van der Waals surface area contributed by atoms with E-state index < -0.39 is 0 Å². The minimum absolute atomic E-state index is 0.0164. The fourth-order valence-corrected chi connectivity index (χ4v) is 1.55.